The van der Waals surface area contributed by atoms with Gasteiger partial charge in [-0.3, -0.25) is 4.72 Å². The van der Waals surface area contributed by atoms with Gasteiger partial charge in [0.1, 0.15) is 4.90 Å². The fraction of sp³-hybridized carbons (Fsp3) is 0.278. The summed E-state index contributed by atoms with van der Waals surface area (Å²) < 4.78 is 27.7. The summed E-state index contributed by atoms with van der Waals surface area (Å²) in [5.74, 6) is 0. The van der Waals surface area contributed by atoms with Crippen LogP contribution in [0.1, 0.15) is 37.5 Å². The van der Waals surface area contributed by atoms with Gasteiger partial charge in [-0.15, -0.1) is 0 Å². The highest BCUT2D eigenvalue weighted by Crippen LogP contribution is 2.29. The van der Waals surface area contributed by atoms with Crippen molar-refractivity contribution in [3.8, 4) is 6.07 Å². The van der Waals surface area contributed by atoms with Gasteiger partial charge in [-0.25, -0.2) is 8.42 Å². The largest absolute Gasteiger partial charge is 0.279 e. The van der Waals surface area contributed by atoms with Gasteiger partial charge in [-0.1, -0.05) is 44.5 Å². The van der Waals surface area contributed by atoms with E-state index in [2.05, 4.69) is 25.5 Å². The molecule has 4 nitrogen and oxygen atoms in total. The van der Waals surface area contributed by atoms with Crippen molar-refractivity contribution in [2.45, 2.75) is 38.0 Å². The van der Waals surface area contributed by atoms with E-state index in [1.807, 2.05) is 25.1 Å². The van der Waals surface area contributed by atoms with Crippen molar-refractivity contribution in [1.82, 2.24) is 0 Å². The van der Waals surface area contributed by atoms with Crippen LogP contribution in [0.5, 0.6) is 0 Å². The minimum absolute atomic E-state index is 0.0153. The molecule has 0 heterocycles. The Balaban J connectivity index is 2.39. The highest BCUT2D eigenvalue weighted by Gasteiger charge is 2.20. The third kappa shape index (κ3) is 3.89. The lowest BCUT2D eigenvalue weighted by atomic mass is 9.86. The zero-order valence-corrected chi connectivity index (χ0v) is 15.6. The van der Waals surface area contributed by atoms with E-state index in [1.54, 1.807) is 6.07 Å². The third-order valence-electron chi connectivity index (χ3n) is 3.69. The van der Waals surface area contributed by atoms with Gasteiger partial charge < -0.3 is 0 Å². The molecule has 6 heteroatoms. The van der Waals surface area contributed by atoms with Crippen LogP contribution in [-0.2, 0) is 15.4 Å². The summed E-state index contributed by atoms with van der Waals surface area (Å²) in [7, 11) is -3.83. The van der Waals surface area contributed by atoms with Crippen molar-refractivity contribution in [3.05, 3.63) is 58.1 Å². The van der Waals surface area contributed by atoms with Crippen LogP contribution in [0.4, 0.5) is 5.69 Å². The van der Waals surface area contributed by atoms with Crippen LogP contribution >= 0.6 is 11.6 Å². The fourth-order valence-corrected chi connectivity index (χ4v) is 3.91. The van der Waals surface area contributed by atoms with Gasteiger partial charge in [-0.2, -0.15) is 5.26 Å². The molecule has 126 valence electrons. The number of hydrogen-bond donors (Lipinski definition) is 1. The molecule has 0 unspecified atom stereocenters. The summed E-state index contributed by atoms with van der Waals surface area (Å²) in [6.45, 7) is 8.15. The van der Waals surface area contributed by atoms with E-state index < -0.39 is 10.0 Å². The molecule has 2 rings (SSSR count). The second-order valence-electron chi connectivity index (χ2n) is 6.64. The molecule has 0 bridgehead atoms. The molecule has 0 aliphatic rings. The Hall–Kier alpha value is -2.03. The third-order valence-corrected chi connectivity index (χ3v) is 5.54. The highest BCUT2D eigenvalue weighted by molar-refractivity contribution is 7.92. The molecule has 0 radical (unpaired) electrons. The van der Waals surface area contributed by atoms with E-state index >= 15 is 0 Å². The highest BCUT2D eigenvalue weighted by atomic mass is 35.5. The van der Waals surface area contributed by atoms with Gasteiger partial charge in [0.15, 0.2) is 0 Å². The summed E-state index contributed by atoms with van der Waals surface area (Å²) in [5, 5.41) is 8.86. The Kier molecular flexibility index (Phi) is 4.93. The van der Waals surface area contributed by atoms with Gasteiger partial charge in [0.2, 0.25) is 0 Å². The quantitative estimate of drug-likeness (QED) is 0.866. The van der Waals surface area contributed by atoms with Crippen LogP contribution < -0.4 is 4.72 Å². The lowest BCUT2D eigenvalue weighted by Crippen LogP contribution is -2.16. The van der Waals surface area contributed by atoms with Crippen LogP contribution in [0.25, 0.3) is 0 Å². The molecule has 0 saturated heterocycles. The molecular weight excluding hydrogens is 344 g/mol. The first kappa shape index (κ1) is 18.3. The van der Waals surface area contributed by atoms with Gasteiger partial charge in [0, 0.05) is 0 Å². The Morgan fingerprint density at radius 3 is 2.29 bits per heavy atom. The Morgan fingerprint density at radius 1 is 1.12 bits per heavy atom. The van der Waals surface area contributed by atoms with E-state index in [1.165, 1.54) is 18.2 Å². The van der Waals surface area contributed by atoms with Crippen molar-refractivity contribution < 1.29 is 8.42 Å². The maximum atomic E-state index is 12.6. The zero-order chi connectivity index (χ0) is 18.1. The molecule has 1 N–H and O–H groups in total. The average Bonchev–Trinajstić information content (AvgIpc) is 2.47. The molecule has 0 fully saturated rings. The molecule has 0 aromatic heterocycles. The minimum atomic E-state index is -3.83. The number of rotatable bonds is 3. The van der Waals surface area contributed by atoms with E-state index in [0.29, 0.717) is 11.3 Å². The molecule has 2 aromatic carbocycles. The van der Waals surface area contributed by atoms with Crippen molar-refractivity contribution in [1.29, 1.82) is 5.26 Å². The maximum absolute atomic E-state index is 12.6. The number of nitriles is 1. The van der Waals surface area contributed by atoms with E-state index in [-0.39, 0.29) is 15.3 Å². The molecule has 0 spiro atoms. The fourth-order valence-electron chi connectivity index (χ4n) is 2.23. The van der Waals surface area contributed by atoms with Crippen molar-refractivity contribution in [2.75, 3.05) is 4.72 Å². The number of aryl methyl sites for hydroxylation is 1. The van der Waals surface area contributed by atoms with Crippen LogP contribution in [-0.4, -0.2) is 8.42 Å². The van der Waals surface area contributed by atoms with Gasteiger partial charge in [-0.05, 0) is 47.7 Å². The first-order valence-electron chi connectivity index (χ1n) is 7.38. The Labute approximate surface area is 148 Å². The summed E-state index contributed by atoms with van der Waals surface area (Å²) in [6, 6.07) is 11.7. The lowest BCUT2D eigenvalue weighted by molar-refractivity contribution is 0.590. The molecule has 0 aliphatic heterocycles. The predicted octanol–water partition coefficient (Wildman–Crippen LogP) is 4.62. The number of anilines is 1. The number of sulfonamides is 1. The topological polar surface area (TPSA) is 70.0 Å². The van der Waals surface area contributed by atoms with Crippen molar-refractivity contribution in [3.63, 3.8) is 0 Å². The first-order valence-corrected chi connectivity index (χ1v) is 9.24. The molecule has 0 amide bonds. The van der Waals surface area contributed by atoms with Crippen molar-refractivity contribution in [2.24, 2.45) is 0 Å². The summed E-state index contributed by atoms with van der Waals surface area (Å²) in [6.07, 6.45) is 0. The van der Waals surface area contributed by atoms with Crippen molar-refractivity contribution >= 4 is 27.3 Å². The molecule has 2 aromatic rings. The Bertz CT molecular complexity index is 923. The van der Waals surface area contributed by atoms with Crippen LogP contribution in [0.3, 0.4) is 0 Å². The summed E-state index contributed by atoms with van der Waals surface area (Å²) in [4.78, 5) is -0.0533. The Morgan fingerprint density at radius 2 is 1.79 bits per heavy atom. The molecule has 0 atom stereocenters. The second kappa shape index (κ2) is 6.46. The second-order valence-corrected chi connectivity index (χ2v) is 8.70. The zero-order valence-electron chi connectivity index (χ0n) is 14.0. The van der Waals surface area contributed by atoms with Crippen LogP contribution in [0, 0.1) is 18.3 Å². The smallest absolute Gasteiger partial charge is 0.263 e. The SMILES string of the molecule is Cc1cc(C(C)(C)C)ccc1NS(=O)(=O)c1ccc(C#N)cc1Cl. The van der Waals surface area contributed by atoms with Crippen LogP contribution in [0.15, 0.2) is 41.3 Å². The van der Waals surface area contributed by atoms with Gasteiger partial charge in [0.05, 0.1) is 22.3 Å². The molecular formula is C18H19ClN2O2S. The molecule has 24 heavy (non-hydrogen) atoms. The summed E-state index contributed by atoms with van der Waals surface area (Å²) >= 11 is 6.01. The maximum Gasteiger partial charge on any atom is 0.263 e. The summed E-state index contributed by atoms with van der Waals surface area (Å²) in [5.41, 5.74) is 2.75. The van der Waals surface area contributed by atoms with Crippen LogP contribution in [0.2, 0.25) is 5.02 Å². The monoisotopic (exact) mass is 362 g/mol. The lowest BCUT2D eigenvalue weighted by Gasteiger charge is -2.21. The first-order chi connectivity index (χ1) is 11.0. The van der Waals surface area contributed by atoms with E-state index in [9.17, 15) is 8.42 Å². The number of hydrogen-bond acceptors (Lipinski definition) is 3. The van der Waals surface area contributed by atoms with Gasteiger partial charge >= 0.3 is 0 Å². The van der Waals surface area contributed by atoms with E-state index in [4.69, 9.17) is 16.9 Å². The minimum Gasteiger partial charge on any atom is -0.279 e. The normalized spacial score (nSPS) is 11.8. The number of halogens is 1. The number of nitrogens with one attached hydrogen (secondary N) is 1. The number of nitrogens with zero attached hydrogens (tertiary/aromatic N) is 1. The van der Waals surface area contributed by atoms with E-state index in [0.717, 1.165) is 11.1 Å². The average molecular weight is 363 g/mol. The van der Waals surface area contributed by atoms with Gasteiger partial charge in [0.25, 0.3) is 10.0 Å². The molecule has 0 aliphatic carbocycles. The standard InChI is InChI=1S/C18H19ClN2O2S/c1-12-9-14(18(2,3)4)6-7-16(12)21-24(22,23)17-8-5-13(11-20)10-15(17)19/h5-10,21H,1-4H3. The number of benzene rings is 2. The predicted molar refractivity (Wildman–Crippen MR) is 96.9 cm³/mol. The molecule has 0 saturated carbocycles.